The molecule has 0 aliphatic carbocycles. The number of aliphatic hydroxyl groups is 1. The van der Waals surface area contributed by atoms with Crippen molar-refractivity contribution in [2.75, 3.05) is 13.2 Å². The average molecular weight is 427 g/mol. The monoisotopic (exact) mass is 426 g/mol. The van der Waals surface area contributed by atoms with Gasteiger partial charge in [0.1, 0.15) is 0 Å². The van der Waals surface area contributed by atoms with Crippen molar-refractivity contribution in [1.82, 2.24) is 20.1 Å². The van der Waals surface area contributed by atoms with Crippen molar-refractivity contribution in [1.29, 1.82) is 0 Å². The Bertz CT molecular complexity index is 1210. The van der Waals surface area contributed by atoms with Crippen LogP contribution in [-0.4, -0.2) is 38.9 Å². The van der Waals surface area contributed by atoms with Gasteiger partial charge >= 0.3 is 0 Å². The number of pyridine rings is 1. The molecule has 1 amide bonds. The zero-order valence-electron chi connectivity index (χ0n) is 15.1. The minimum Gasteiger partial charge on any atom is -0.395 e. The number of hydrogen-bond acceptors (Lipinski definition) is 4. The number of nitrogens with zero attached hydrogens (tertiary/aromatic N) is 3. The zero-order valence-corrected chi connectivity index (χ0v) is 16.7. The molecule has 0 aliphatic rings. The highest BCUT2D eigenvalue weighted by Gasteiger charge is 2.13. The third-order valence-electron chi connectivity index (χ3n) is 4.37. The number of rotatable bonds is 5. The quantitative estimate of drug-likeness (QED) is 0.502. The van der Waals surface area contributed by atoms with Crippen LogP contribution in [0.4, 0.5) is 0 Å². The van der Waals surface area contributed by atoms with E-state index in [-0.39, 0.29) is 19.1 Å². The topological polar surface area (TPSA) is 80.0 Å². The van der Waals surface area contributed by atoms with Crippen LogP contribution < -0.4 is 5.32 Å². The van der Waals surface area contributed by atoms with E-state index in [9.17, 15) is 4.79 Å². The van der Waals surface area contributed by atoms with Gasteiger partial charge in [0.15, 0.2) is 5.65 Å². The Morgan fingerprint density at radius 2 is 1.97 bits per heavy atom. The van der Waals surface area contributed by atoms with E-state index in [2.05, 4.69) is 10.4 Å². The molecule has 0 aliphatic heterocycles. The van der Waals surface area contributed by atoms with Crippen molar-refractivity contribution < 1.29 is 9.90 Å². The van der Waals surface area contributed by atoms with Gasteiger partial charge in [0.05, 0.1) is 29.2 Å². The van der Waals surface area contributed by atoms with Gasteiger partial charge in [0, 0.05) is 28.1 Å². The Morgan fingerprint density at radius 3 is 2.76 bits per heavy atom. The lowest BCUT2D eigenvalue weighted by Crippen LogP contribution is -2.26. The fourth-order valence-electron chi connectivity index (χ4n) is 2.99. The Morgan fingerprint density at radius 1 is 1.10 bits per heavy atom. The molecule has 0 fully saturated rings. The maximum atomic E-state index is 12.2. The van der Waals surface area contributed by atoms with E-state index < -0.39 is 0 Å². The zero-order chi connectivity index (χ0) is 20.4. The van der Waals surface area contributed by atoms with Crippen LogP contribution in [0, 0.1) is 0 Å². The molecule has 2 N–H and O–H groups in total. The molecular weight excluding hydrogens is 411 g/mol. The number of fused-ring (bicyclic) bond motifs is 1. The molecule has 4 rings (SSSR count). The van der Waals surface area contributed by atoms with Gasteiger partial charge in [-0.05, 0) is 42.5 Å². The molecule has 146 valence electrons. The molecule has 2 heterocycles. The highest BCUT2D eigenvalue weighted by molar-refractivity contribution is 6.35. The molecule has 2 aromatic heterocycles. The van der Waals surface area contributed by atoms with Crippen LogP contribution in [0.15, 0.2) is 60.8 Å². The van der Waals surface area contributed by atoms with Crippen LogP contribution in [-0.2, 0) is 0 Å². The summed E-state index contributed by atoms with van der Waals surface area (Å²) in [5, 5.41) is 17.8. The van der Waals surface area contributed by atoms with E-state index in [0.717, 1.165) is 10.9 Å². The summed E-state index contributed by atoms with van der Waals surface area (Å²) in [5.41, 5.74) is 3.29. The van der Waals surface area contributed by atoms with E-state index in [1.807, 2.05) is 18.2 Å². The first-order valence-electron chi connectivity index (χ1n) is 8.86. The number of halogens is 2. The maximum Gasteiger partial charge on any atom is 0.251 e. The maximum absolute atomic E-state index is 12.2. The molecule has 6 nitrogen and oxygen atoms in total. The number of nitrogens with one attached hydrogen (secondary N) is 1. The number of benzene rings is 2. The molecule has 4 aromatic rings. The molecule has 0 spiro atoms. The summed E-state index contributed by atoms with van der Waals surface area (Å²) >= 11 is 12.3. The van der Waals surface area contributed by atoms with Crippen molar-refractivity contribution in [2.24, 2.45) is 0 Å². The first-order chi connectivity index (χ1) is 14.1. The van der Waals surface area contributed by atoms with Crippen molar-refractivity contribution in [3.8, 4) is 16.9 Å². The average Bonchev–Trinajstić information content (AvgIpc) is 3.15. The van der Waals surface area contributed by atoms with Crippen molar-refractivity contribution >= 4 is 40.1 Å². The SMILES string of the molecule is O=C(NCCO)c1cccc(-c2ccc3cnn(-c4ccc(Cl)cc4Cl)c3n2)c1. The summed E-state index contributed by atoms with van der Waals surface area (Å²) in [6, 6.07) is 16.1. The van der Waals surface area contributed by atoms with Gasteiger partial charge in [-0.2, -0.15) is 5.10 Å². The fraction of sp³-hybridized carbons (Fsp3) is 0.0952. The van der Waals surface area contributed by atoms with Crippen molar-refractivity contribution in [3.63, 3.8) is 0 Å². The largest absolute Gasteiger partial charge is 0.395 e. The highest BCUT2D eigenvalue weighted by Crippen LogP contribution is 2.28. The molecule has 0 atom stereocenters. The fourth-order valence-corrected chi connectivity index (χ4v) is 3.47. The first-order valence-corrected chi connectivity index (χ1v) is 9.62. The van der Waals surface area contributed by atoms with Crippen LogP contribution >= 0.6 is 23.2 Å². The van der Waals surface area contributed by atoms with E-state index in [1.54, 1.807) is 47.3 Å². The Kier molecular flexibility index (Phi) is 5.49. The van der Waals surface area contributed by atoms with Crippen LogP contribution in [0.25, 0.3) is 28.0 Å². The minimum absolute atomic E-state index is 0.110. The Labute approximate surface area is 176 Å². The first kappa shape index (κ1) is 19.4. The van der Waals surface area contributed by atoms with Gasteiger partial charge in [-0.15, -0.1) is 0 Å². The summed E-state index contributed by atoms with van der Waals surface area (Å²) in [7, 11) is 0. The van der Waals surface area contributed by atoms with Gasteiger partial charge in [-0.1, -0.05) is 35.3 Å². The third kappa shape index (κ3) is 3.96. The number of carbonyl (C=O) groups is 1. The molecule has 0 unspecified atom stereocenters. The molecule has 0 saturated heterocycles. The Hall–Kier alpha value is -2.93. The minimum atomic E-state index is -0.250. The number of carbonyl (C=O) groups excluding carboxylic acids is 1. The Balaban J connectivity index is 1.76. The third-order valence-corrected chi connectivity index (χ3v) is 4.91. The van der Waals surface area contributed by atoms with E-state index >= 15 is 0 Å². The summed E-state index contributed by atoms with van der Waals surface area (Å²) in [6.07, 6.45) is 1.72. The van der Waals surface area contributed by atoms with Gasteiger partial charge in [-0.3, -0.25) is 4.79 Å². The molecule has 8 heteroatoms. The lowest BCUT2D eigenvalue weighted by Gasteiger charge is -2.08. The van der Waals surface area contributed by atoms with Crippen LogP contribution in [0.5, 0.6) is 0 Å². The molecule has 2 aromatic carbocycles. The van der Waals surface area contributed by atoms with Crippen molar-refractivity contribution in [2.45, 2.75) is 0 Å². The van der Waals surface area contributed by atoms with Crippen LogP contribution in [0.2, 0.25) is 10.0 Å². The second kappa shape index (κ2) is 8.21. The van der Waals surface area contributed by atoms with E-state index in [4.69, 9.17) is 33.3 Å². The van der Waals surface area contributed by atoms with E-state index in [1.165, 1.54) is 0 Å². The lowest BCUT2D eigenvalue weighted by atomic mass is 10.1. The highest BCUT2D eigenvalue weighted by atomic mass is 35.5. The van der Waals surface area contributed by atoms with Gasteiger partial charge in [0.25, 0.3) is 5.91 Å². The molecule has 29 heavy (non-hydrogen) atoms. The number of hydrogen-bond donors (Lipinski definition) is 2. The standard InChI is InChI=1S/C21H16Cl2N4O2/c22-16-5-7-19(17(23)11-16)27-20-15(12-25-27)4-6-18(26-20)13-2-1-3-14(10-13)21(29)24-8-9-28/h1-7,10-12,28H,8-9H2,(H,24,29). The lowest BCUT2D eigenvalue weighted by molar-refractivity contribution is 0.0945. The second-order valence-electron chi connectivity index (χ2n) is 6.32. The number of aliphatic hydroxyl groups excluding tert-OH is 1. The van der Waals surface area contributed by atoms with Gasteiger partial charge < -0.3 is 10.4 Å². The van der Waals surface area contributed by atoms with Gasteiger partial charge in [-0.25, -0.2) is 9.67 Å². The van der Waals surface area contributed by atoms with Gasteiger partial charge in [0.2, 0.25) is 0 Å². The normalized spacial score (nSPS) is 11.0. The van der Waals surface area contributed by atoms with Crippen LogP contribution in [0.3, 0.4) is 0 Å². The summed E-state index contributed by atoms with van der Waals surface area (Å²) in [5.74, 6) is -0.250. The van der Waals surface area contributed by atoms with E-state index in [0.29, 0.717) is 32.6 Å². The summed E-state index contributed by atoms with van der Waals surface area (Å²) in [6.45, 7) is 0.0925. The molecule has 0 radical (unpaired) electrons. The smallest absolute Gasteiger partial charge is 0.251 e. The summed E-state index contributed by atoms with van der Waals surface area (Å²) < 4.78 is 1.66. The predicted octanol–water partition coefficient (Wildman–Crippen LogP) is 4.12. The molecule has 0 bridgehead atoms. The molecule has 0 saturated carbocycles. The van der Waals surface area contributed by atoms with Crippen LogP contribution in [0.1, 0.15) is 10.4 Å². The number of amides is 1. The predicted molar refractivity (Wildman–Crippen MR) is 114 cm³/mol. The molecular formula is C21H16Cl2N4O2. The van der Waals surface area contributed by atoms with Crippen molar-refractivity contribution in [3.05, 3.63) is 76.4 Å². The second-order valence-corrected chi connectivity index (χ2v) is 7.17. The summed E-state index contributed by atoms with van der Waals surface area (Å²) in [4.78, 5) is 16.9. The number of aromatic nitrogens is 3.